The maximum absolute atomic E-state index is 12.0. The standard InChI is InChI=1S/C16H23NO5/c1-11(2)7-8-17-15(18)10-22-16(19)13-9-12(20-3)5-6-14(13)21-4/h5-6,9,11H,7-8,10H2,1-4H3,(H,17,18). The minimum Gasteiger partial charge on any atom is -0.497 e. The molecule has 1 N–H and O–H groups in total. The van der Waals surface area contributed by atoms with Gasteiger partial charge in [0.05, 0.1) is 14.2 Å². The van der Waals surface area contributed by atoms with Crippen LogP contribution in [0, 0.1) is 5.92 Å². The summed E-state index contributed by atoms with van der Waals surface area (Å²) in [4.78, 5) is 23.6. The van der Waals surface area contributed by atoms with Crippen LogP contribution in [0.2, 0.25) is 0 Å². The normalized spacial score (nSPS) is 10.2. The summed E-state index contributed by atoms with van der Waals surface area (Å²) in [5, 5.41) is 2.70. The number of esters is 1. The molecule has 6 nitrogen and oxygen atoms in total. The van der Waals surface area contributed by atoms with Crippen molar-refractivity contribution in [3.8, 4) is 11.5 Å². The second-order valence-corrected chi connectivity index (χ2v) is 5.17. The van der Waals surface area contributed by atoms with Gasteiger partial charge in [0.2, 0.25) is 0 Å². The quantitative estimate of drug-likeness (QED) is 0.744. The van der Waals surface area contributed by atoms with Crippen LogP contribution in [0.15, 0.2) is 18.2 Å². The Labute approximate surface area is 130 Å². The number of carbonyl (C=O) groups excluding carboxylic acids is 2. The summed E-state index contributed by atoms with van der Waals surface area (Å²) in [5.41, 5.74) is 0.219. The van der Waals surface area contributed by atoms with Gasteiger partial charge in [0.15, 0.2) is 6.61 Å². The van der Waals surface area contributed by atoms with Crippen molar-refractivity contribution in [3.05, 3.63) is 23.8 Å². The van der Waals surface area contributed by atoms with Crippen molar-refractivity contribution in [1.82, 2.24) is 5.32 Å². The van der Waals surface area contributed by atoms with E-state index >= 15 is 0 Å². The molecule has 0 atom stereocenters. The molecule has 0 aliphatic carbocycles. The largest absolute Gasteiger partial charge is 0.497 e. The SMILES string of the molecule is COc1ccc(OC)c(C(=O)OCC(=O)NCCC(C)C)c1. The molecular formula is C16H23NO5. The molecule has 0 spiro atoms. The highest BCUT2D eigenvalue weighted by Gasteiger charge is 2.16. The first-order valence-corrected chi connectivity index (χ1v) is 7.13. The first kappa shape index (κ1) is 17.8. The molecule has 0 aliphatic heterocycles. The summed E-state index contributed by atoms with van der Waals surface area (Å²) in [6.07, 6.45) is 0.878. The van der Waals surface area contributed by atoms with Gasteiger partial charge in [-0.3, -0.25) is 4.79 Å². The molecule has 22 heavy (non-hydrogen) atoms. The number of amides is 1. The van der Waals surface area contributed by atoms with Gasteiger partial charge in [-0.2, -0.15) is 0 Å². The zero-order chi connectivity index (χ0) is 16.5. The van der Waals surface area contributed by atoms with Crippen molar-refractivity contribution in [2.24, 2.45) is 5.92 Å². The predicted octanol–water partition coefficient (Wildman–Crippen LogP) is 2.02. The number of methoxy groups -OCH3 is 2. The molecule has 0 bridgehead atoms. The van der Waals surface area contributed by atoms with Gasteiger partial charge in [-0.25, -0.2) is 4.79 Å². The Kier molecular flexibility index (Phi) is 7.22. The second-order valence-electron chi connectivity index (χ2n) is 5.17. The van der Waals surface area contributed by atoms with Crippen LogP contribution in [0.1, 0.15) is 30.6 Å². The Hall–Kier alpha value is -2.24. The van der Waals surface area contributed by atoms with Gasteiger partial charge in [0, 0.05) is 6.54 Å². The van der Waals surface area contributed by atoms with E-state index in [0.717, 1.165) is 6.42 Å². The Morgan fingerprint density at radius 3 is 2.50 bits per heavy atom. The molecule has 1 aromatic carbocycles. The molecule has 6 heteroatoms. The maximum Gasteiger partial charge on any atom is 0.342 e. The molecule has 0 aliphatic rings. The van der Waals surface area contributed by atoms with Crippen molar-refractivity contribution in [2.75, 3.05) is 27.4 Å². The van der Waals surface area contributed by atoms with Crippen LogP contribution >= 0.6 is 0 Å². The van der Waals surface area contributed by atoms with E-state index in [9.17, 15) is 9.59 Å². The predicted molar refractivity (Wildman–Crippen MR) is 82.3 cm³/mol. The van der Waals surface area contributed by atoms with E-state index in [4.69, 9.17) is 14.2 Å². The van der Waals surface area contributed by atoms with Gasteiger partial charge in [0.1, 0.15) is 17.1 Å². The van der Waals surface area contributed by atoms with Crippen LogP contribution in [0.25, 0.3) is 0 Å². The minimum absolute atomic E-state index is 0.219. The average molecular weight is 309 g/mol. The lowest BCUT2D eigenvalue weighted by molar-refractivity contribution is -0.124. The number of nitrogens with one attached hydrogen (secondary N) is 1. The molecule has 0 heterocycles. The van der Waals surface area contributed by atoms with E-state index in [1.807, 2.05) is 0 Å². The second kappa shape index (κ2) is 8.92. The van der Waals surface area contributed by atoms with Gasteiger partial charge >= 0.3 is 5.97 Å². The van der Waals surface area contributed by atoms with E-state index in [0.29, 0.717) is 24.0 Å². The molecule has 1 amide bonds. The third-order valence-corrected chi connectivity index (χ3v) is 3.00. The first-order chi connectivity index (χ1) is 10.5. The van der Waals surface area contributed by atoms with Crippen LogP contribution in [-0.4, -0.2) is 39.2 Å². The van der Waals surface area contributed by atoms with Crippen LogP contribution in [0.4, 0.5) is 0 Å². The summed E-state index contributed by atoms with van der Waals surface area (Å²) in [6.45, 7) is 4.39. The van der Waals surface area contributed by atoms with E-state index in [-0.39, 0.29) is 18.1 Å². The van der Waals surface area contributed by atoms with Gasteiger partial charge in [-0.15, -0.1) is 0 Å². The molecule has 1 rings (SSSR count). The van der Waals surface area contributed by atoms with Crippen molar-refractivity contribution >= 4 is 11.9 Å². The summed E-state index contributed by atoms with van der Waals surface area (Å²) in [6, 6.07) is 4.80. The lowest BCUT2D eigenvalue weighted by Crippen LogP contribution is -2.30. The number of hydrogen-bond donors (Lipinski definition) is 1. The minimum atomic E-state index is -0.630. The highest BCUT2D eigenvalue weighted by Crippen LogP contribution is 2.24. The van der Waals surface area contributed by atoms with E-state index in [2.05, 4.69) is 19.2 Å². The fraction of sp³-hybridized carbons (Fsp3) is 0.500. The zero-order valence-corrected chi connectivity index (χ0v) is 13.5. The molecule has 0 aromatic heterocycles. The fourth-order valence-corrected chi connectivity index (χ4v) is 1.73. The van der Waals surface area contributed by atoms with E-state index in [1.54, 1.807) is 12.1 Å². The van der Waals surface area contributed by atoms with Crippen LogP contribution in [0.5, 0.6) is 11.5 Å². The smallest absolute Gasteiger partial charge is 0.342 e. The zero-order valence-electron chi connectivity index (χ0n) is 13.5. The lowest BCUT2D eigenvalue weighted by Gasteiger charge is -2.11. The lowest BCUT2D eigenvalue weighted by atomic mass is 10.1. The Balaban J connectivity index is 2.56. The summed E-state index contributed by atoms with van der Waals surface area (Å²) < 4.78 is 15.2. The number of ether oxygens (including phenoxy) is 3. The molecule has 0 unspecified atom stereocenters. The summed E-state index contributed by atoms with van der Waals surface area (Å²) in [7, 11) is 2.95. The first-order valence-electron chi connectivity index (χ1n) is 7.13. The Bertz CT molecular complexity index is 513. The number of carbonyl (C=O) groups is 2. The van der Waals surface area contributed by atoms with Gasteiger partial charge < -0.3 is 19.5 Å². The van der Waals surface area contributed by atoms with Gasteiger partial charge in [-0.1, -0.05) is 13.8 Å². The van der Waals surface area contributed by atoms with Crippen molar-refractivity contribution in [1.29, 1.82) is 0 Å². The van der Waals surface area contributed by atoms with Gasteiger partial charge in [0.25, 0.3) is 5.91 Å². The molecule has 0 radical (unpaired) electrons. The summed E-state index contributed by atoms with van der Waals surface area (Å²) >= 11 is 0. The Morgan fingerprint density at radius 1 is 1.18 bits per heavy atom. The number of rotatable bonds is 8. The highest BCUT2D eigenvalue weighted by atomic mass is 16.5. The van der Waals surface area contributed by atoms with Crippen LogP contribution in [0.3, 0.4) is 0 Å². The molecule has 0 saturated carbocycles. The molecule has 1 aromatic rings. The Morgan fingerprint density at radius 2 is 1.91 bits per heavy atom. The van der Waals surface area contributed by atoms with E-state index in [1.165, 1.54) is 20.3 Å². The third-order valence-electron chi connectivity index (χ3n) is 3.00. The number of benzene rings is 1. The third kappa shape index (κ3) is 5.63. The molecular weight excluding hydrogens is 286 g/mol. The van der Waals surface area contributed by atoms with Crippen molar-refractivity contribution < 1.29 is 23.8 Å². The maximum atomic E-state index is 12.0. The molecule has 122 valence electrons. The molecule has 0 fully saturated rings. The van der Waals surface area contributed by atoms with Crippen LogP contribution in [-0.2, 0) is 9.53 Å². The number of hydrogen-bond acceptors (Lipinski definition) is 5. The van der Waals surface area contributed by atoms with Crippen LogP contribution < -0.4 is 14.8 Å². The topological polar surface area (TPSA) is 73.9 Å². The average Bonchev–Trinajstić information content (AvgIpc) is 2.51. The fourth-order valence-electron chi connectivity index (χ4n) is 1.73. The monoisotopic (exact) mass is 309 g/mol. The van der Waals surface area contributed by atoms with Crippen molar-refractivity contribution in [3.63, 3.8) is 0 Å². The van der Waals surface area contributed by atoms with Gasteiger partial charge in [-0.05, 0) is 30.5 Å². The summed E-state index contributed by atoms with van der Waals surface area (Å²) in [5.74, 6) is 0.426. The van der Waals surface area contributed by atoms with Crippen molar-refractivity contribution in [2.45, 2.75) is 20.3 Å². The highest BCUT2D eigenvalue weighted by molar-refractivity contribution is 5.94. The van der Waals surface area contributed by atoms with E-state index < -0.39 is 5.97 Å². The molecule has 0 saturated heterocycles.